The summed E-state index contributed by atoms with van der Waals surface area (Å²) in [6, 6.07) is 0. The highest BCUT2D eigenvalue weighted by molar-refractivity contribution is 8.02. The van der Waals surface area contributed by atoms with Crippen LogP contribution in [-0.2, 0) is 19.1 Å². The molecule has 9 heteroatoms. The smallest absolute Gasteiger partial charge is 0.423 e. The van der Waals surface area contributed by atoms with Gasteiger partial charge in [0.2, 0.25) is 0 Å². The van der Waals surface area contributed by atoms with Gasteiger partial charge >= 0.3 is 17.4 Å². The predicted molar refractivity (Wildman–Crippen MR) is 124 cm³/mol. The molecule has 1 atom stereocenters. The molecule has 0 saturated heterocycles. The zero-order chi connectivity index (χ0) is 24.4. The van der Waals surface area contributed by atoms with Gasteiger partial charge in [0.25, 0.3) is 0 Å². The summed E-state index contributed by atoms with van der Waals surface area (Å²) in [4.78, 5) is 26.7. The van der Waals surface area contributed by atoms with Gasteiger partial charge in [0.15, 0.2) is 0 Å². The number of rotatable bonds is 8. The van der Waals surface area contributed by atoms with Crippen molar-refractivity contribution >= 4 is 23.9 Å². The van der Waals surface area contributed by atoms with Crippen molar-refractivity contribution in [3.8, 4) is 0 Å². The van der Waals surface area contributed by atoms with Crippen LogP contribution in [0.15, 0.2) is 0 Å². The lowest BCUT2D eigenvalue weighted by Gasteiger charge is -2.55. The quantitative estimate of drug-likeness (QED) is 0.276. The zero-order valence-electron chi connectivity index (χ0n) is 20.1. The van der Waals surface area contributed by atoms with Crippen molar-refractivity contribution in [2.24, 2.45) is 46.3 Å². The molecule has 0 aromatic rings. The second-order valence-electron chi connectivity index (χ2n) is 12.9. The second-order valence-corrected chi connectivity index (χ2v) is 13.8. The summed E-state index contributed by atoms with van der Waals surface area (Å²) < 4.78 is 53.1. The van der Waals surface area contributed by atoms with Gasteiger partial charge in [0, 0.05) is 0 Å². The topological polar surface area (TPSA) is 66.7 Å². The number of ether oxygens (including phenoxy) is 2. The van der Waals surface area contributed by atoms with Crippen LogP contribution in [0.5, 0.6) is 0 Å². The average molecular weight is 515 g/mol. The largest absolute Gasteiger partial charge is 0.596 e. The molecule has 0 N–H and O–H groups in total. The van der Waals surface area contributed by atoms with E-state index >= 15 is 0 Å². The van der Waals surface area contributed by atoms with Crippen LogP contribution >= 0.6 is 11.9 Å². The molecule has 0 aromatic carbocycles. The summed E-state index contributed by atoms with van der Waals surface area (Å²) in [5.41, 5.74) is -5.47. The van der Waals surface area contributed by atoms with Gasteiger partial charge in [-0.25, -0.2) is 0 Å². The fourth-order valence-corrected chi connectivity index (χ4v) is 10.0. The minimum atomic E-state index is -4.50. The van der Waals surface area contributed by atoms with Crippen molar-refractivity contribution in [3.05, 3.63) is 4.72 Å². The highest BCUT2D eigenvalue weighted by Crippen LogP contribution is 2.61. The Balaban J connectivity index is 1.10. The Labute approximate surface area is 209 Å². The monoisotopic (exact) mass is 514 g/mol. The normalized spacial score (nSPS) is 43.9. The number of carbonyl (C=O) groups excluding carboxylic acids is 2. The van der Waals surface area contributed by atoms with Crippen molar-refractivity contribution in [2.75, 3.05) is 13.2 Å². The van der Waals surface area contributed by atoms with E-state index in [0.29, 0.717) is 35.5 Å². The van der Waals surface area contributed by atoms with E-state index in [0.717, 1.165) is 38.5 Å². The van der Waals surface area contributed by atoms with Gasteiger partial charge in [0.1, 0.15) is 12.7 Å². The lowest BCUT2D eigenvalue weighted by atomic mass is 9.49. The SMILES string of the molecule is O=C(OCC(C[N-]SC(F)(F)F)OC(=O)C12CC3CC(CC(C3)C1)C2)C12CC3CC(CC(C3)C1)C2. The van der Waals surface area contributed by atoms with E-state index in [1.807, 2.05) is 0 Å². The van der Waals surface area contributed by atoms with E-state index in [1.54, 1.807) is 0 Å². The summed E-state index contributed by atoms with van der Waals surface area (Å²) in [6.45, 7) is -0.558. The van der Waals surface area contributed by atoms with Crippen LogP contribution in [0.3, 0.4) is 0 Å². The van der Waals surface area contributed by atoms with Gasteiger partial charge < -0.3 is 14.2 Å². The number of hydrogen-bond donors (Lipinski definition) is 0. The van der Waals surface area contributed by atoms with Crippen LogP contribution in [0, 0.1) is 46.3 Å². The Morgan fingerprint density at radius 2 is 1.17 bits per heavy atom. The molecule has 8 fully saturated rings. The van der Waals surface area contributed by atoms with Gasteiger partial charge in [-0.15, -0.1) is 0 Å². The average Bonchev–Trinajstić information content (AvgIpc) is 2.74. The first kappa shape index (κ1) is 24.4. The molecule has 8 aliphatic rings. The number of alkyl halides is 3. The van der Waals surface area contributed by atoms with Crippen LogP contribution in [0.25, 0.3) is 4.72 Å². The lowest BCUT2D eigenvalue weighted by molar-refractivity contribution is -0.185. The molecule has 1 unspecified atom stereocenters. The predicted octanol–water partition coefficient (Wildman–Crippen LogP) is 6.42. The lowest BCUT2D eigenvalue weighted by Crippen LogP contribution is -2.52. The van der Waals surface area contributed by atoms with Crippen LogP contribution in [0.4, 0.5) is 13.2 Å². The number of halogens is 3. The minimum absolute atomic E-state index is 0.222. The fourth-order valence-electron chi connectivity index (χ4n) is 9.64. The molecular formula is C26H35F3NO4S-. The second kappa shape index (κ2) is 8.81. The molecule has 0 aliphatic heterocycles. The van der Waals surface area contributed by atoms with Gasteiger partial charge in [-0.05, 0) is 113 Å². The highest BCUT2D eigenvalue weighted by Gasteiger charge is 2.57. The molecule has 0 heterocycles. The Bertz CT molecular complexity index is 791. The number of carbonyl (C=O) groups is 2. The highest BCUT2D eigenvalue weighted by atomic mass is 32.2. The standard InChI is InChI=1S/C26H35F3NO4S/c27-26(28,29)35-30-13-21(34-23(32)25-10-18-4-19(11-25)6-20(5-18)12-25)14-33-22(31)24-7-15-1-16(8-24)3-17(2-15)9-24/h15-21H,1-14H2/q-1. The Morgan fingerprint density at radius 1 is 0.771 bits per heavy atom. The van der Waals surface area contributed by atoms with Gasteiger partial charge in [0.05, 0.1) is 10.8 Å². The van der Waals surface area contributed by atoms with E-state index in [1.165, 1.54) is 38.5 Å². The van der Waals surface area contributed by atoms with Crippen LogP contribution < -0.4 is 0 Å². The molecule has 8 saturated carbocycles. The molecule has 5 nitrogen and oxygen atoms in total. The summed E-state index contributed by atoms with van der Waals surface area (Å²) >= 11 is -0.477. The Kier molecular flexibility index (Phi) is 6.14. The van der Waals surface area contributed by atoms with Gasteiger partial charge in [-0.2, -0.15) is 25.1 Å². The third-order valence-electron chi connectivity index (χ3n) is 10.1. The minimum Gasteiger partial charge on any atom is -0.596 e. The van der Waals surface area contributed by atoms with E-state index in [-0.39, 0.29) is 25.1 Å². The summed E-state index contributed by atoms with van der Waals surface area (Å²) in [5, 5.41) is 0. The van der Waals surface area contributed by atoms with Gasteiger partial charge in [-0.3, -0.25) is 9.59 Å². The molecule has 8 aliphatic carbocycles. The molecule has 0 amide bonds. The summed E-state index contributed by atoms with van der Waals surface area (Å²) in [5.74, 6) is 2.81. The summed E-state index contributed by atoms with van der Waals surface area (Å²) in [7, 11) is 0. The molecule has 0 spiro atoms. The van der Waals surface area contributed by atoms with Crippen LogP contribution in [0.1, 0.15) is 77.0 Å². The van der Waals surface area contributed by atoms with Crippen molar-refractivity contribution in [1.29, 1.82) is 0 Å². The van der Waals surface area contributed by atoms with Crippen molar-refractivity contribution in [2.45, 2.75) is 88.7 Å². The molecule has 8 bridgehead atoms. The molecule has 0 radical (unpaired) electrons. The molecule has 196 valence electrons. The van der Waals surface area contributed by atoms with E-state index in [4.69, 9.17) is 9.47 Å². The van der Waals surface area contributed by atoms with E-state index in [2.05, 4.69) is 4.72 Å². The Morgan fingerprint density at radius 3 is 1.57 bits per heavy atom. The van der Waals surface area contributed by atoms with Crippen molar-refractivity contribution in [1.82, 2.24) is 0 Å². The zero-order valence-corrected chi connectivity index (χ0v) is 20.9. The summed E-state index contributed by atoms with van der Waals surface area (Å²) in [6.07, 6.45) is 11.1. The molecule has 35 heavy (non-hydrogen) atoms. The number of nitrogens with zero attached hydrogens (tertiary/aromatic N) is 1. The van der Waals surface area contributed by atoms with Gasteiger partial charge in [-0.1, -0.05) is 6.54 Å². The third kappa shape index (κ3) is 4.85. The molecular weight excluding hydrogens is 479 g/mol. The third-order valence-corrected chi connectivity index (χ3v) is 10.5. The van der Waals surface area contributed by atoms with Crippen molar-refractivity contribution < 1.29 is 32.2 Å². The maximum atomic E-state index is 13.4. The van der Waals surface area contributed by atoms with E-state index < -0.39 is 34.4 Å². The van der Waals surface area contributed by atoms with E-state index in [9.17, 15) is 22.8 Å². The number of esters is 2. The molecule has 0 aromatic heterocycles. The Hall–Kier alpha value is -0.960. The first-order valence-corrected chi connectivity index (χ1v) is 14.2. The molecule has 8 rings (SSSR count). The fraction of sp³-hybridized carbons (Fsp3) is 0.923. The van der Waals surface area contributed by atoms with Crippen molar-refractivity contribution in [3.63, 3.8) is 0 Å². The van der Waals surface area contributed by atoms with Crippen LogP contribution in [-0.4, -0.2) is 36.7 Å². The first-order chi connectivity index (χ1) is 16.6. The number of hydrogen-bond acceptors (Lipinski definition) is 5. The first-order valence-electron chi connectivity index (χ1n) is 13.4. The maximum Gasteiger partial charge on any atom is 0.423 e. The van der Waals surface area contributed by atoms with Crippen LogP contribution in [0.2, 0.25) is 0 Å². The maximum absolute atomic E-state index is 13.4.